The third-order valence-electron chi connectivity index (χ3n) is 3.14. The number of halogens is 6. The van der Waals surface area contributed by atoms with E-state index in [0.29, 0.717) is 6.07 Å². The molecule has 3 aromatic rings. The van der Waals surface area contributed by atoms with E-state index in [9.17, 15) is 17.6 Å². The van der Waals surface area contributed by atoms with E-state index in [1.54, 1.807) is 0 Å². The van der Waals surface area contributed by atoms with Crippen LogP contribution in [-0.2, 0) is 0 Å². The third-order valence-corrected chi connectivity index (χ3v) is 3.66. The van der Waals surface area contributed by atoms with Crippen molar-refractivity contribution < 1.29 is 17.6 Å². The van der Waals surface area contributed by atoms with Crippen molar-refractivity contribution in [1.82, 2.24) is 9.55 Å². The van der Waals surface area contributed by atoms with Crippen molar-refractivity contribution in [2.24, 2.45) is 0 Å². The van der Waals surface area contributed by atoms with Crippen LogP contribution in [0.25, 0.3) is 16.9 Å². The van der Waals surface area contributed by atoms with Crippen molar-refractivity contribution in [2.45, 2.75) is 0 Å². The van der Waals surface area contributed by atoms with Gasteiger partial charge < -0.3 is 0 Å². The molecule has 23 heavy (non-hydrogen) atoms. The van der Waals surface area contributed by atoms with Gasteiger partial charge in [0, 0.05) is 0 Å². The zero-order valence-electron chi connectivity index (χ0n) is 11.1. The monoisotopic (exact) mass is 360 g/mol. The Kier molecular flexibility index (Phi) is 4.04. The number of nitrogens with zero attached hydrogens (tertiary/aromatic N) is 2. The molecule has 0 N–H and O–H groups in total. The van der Waals surface area contributed by atoms with Crippen LogP contribution in [0.3, 0.4) is 0 Å². The Morgan fingerprint density at radius 2 is 1.61 bits per heavy atom. The summed E-state index contributed by atoms with van der Waals surface area (Å²) in [6, 6.07) is 6.46. The number of hydrogen-bond donors (Lipinski definition) is 0. The number of benzene rings is 2. The quantitative estimate of drug-likeness (QED) is 0.441. The molecule has 0 aliphatic rings. The highest BCUT2D eigenvalue weighted by atomic mass is 35.5. The van der Waals surface area contributed by atoms with Crippen LogP contribution in [0.2, 0.25) is 10.4 Å². The van der Waals surface area contributed by atoms with Crippen LogP contribution in [0.1, 0.15) is 0 Å². The van der Waals surface area contributed by atoms with Crippen molar-refractivity contribution in [3.05, 3.63) is 70.1 Å². The molecule has 0 atom stereocenters. The fraction of sp³-hybridized carbons (Fsp3) is 0. The Morgan fingerprint density at radius 3 is 2.30 bits per heavy atom. The molecule has 2 nitrogen and oxygen atoms in total. The molecule has 0 aliphatic carbocycles. The van der Waals surface area contributed by atoms with E-state index in [4.69, 9.17) is 23.2 Å². The summed E-state index contributed by atoms with van der Waals surface area (Å²) in [6.45, 7) is 0. The van der Waals surface area contributed by atoms with E-state index in [1.807, 2.05) is 0 Å². The Balaban J connectivity index is 2.37. The highest BCUT2D eigenvalue weighted by molar-refractivity contribution is 6.34. The summed E-state index contributed by atoms with van der Waals surface area (Å²) in [5, 5.41) is -0.596. The zero-order chi connectivity index (χ0) is 16.7. The van der Waals surface area contributed by atoms with Gasteiger partial charge in [-0.25, -0.2) is 22.5 Å². The van der Waals surface area contributed by atoms with Crippen molar-refractivity contribution in [2.75, 3.05) is 0 Å². The van der Waals surface area contributed by atoms with Crippen LogP contribution in [0.15, 0.2) is 36.4 Å². The summed E-state index contributed by atoms with van der Waals surface area (Å²) in [5.41, 5.74) is -0.914. The fourth-order valence-electron chi connectivity index (χ4n) is 2.18. The molecule has 0 saturated carbocycles. The smallest absolute Gasteiger partial charge is 0.209 e. The Hall–Kier alpha value is -2.05. The average Bonchev–Trinajstić information content (AvgIpc) is 2.78. The summed E-state index contributed by atoms with van der Waals surface area (Å²) < 4.78 is 56.1. The maximum Gasteiger partial charge on any atom is 0.209 e. The van der Waals surface area contributed by atoms with Gasteiger partial charge in [-0.05, 0) is 41.9 Å². The zero-order valence-corrected chi connectivity index (χ0v) is 12.6. The van der Waals surface area contributed by atoms with Crippen LogP contribution in [0, 0.1) is 23.3 Å². The molecule has 3 rings (SSSR count). The number of imidazole rings is 1. The van der Waals surface area contributed by atoms with E-state index in [-0.39, 0.29) is 21.8 Å². The van der Waals surface area contributed by atoms with Crippen molar-refractivity contribution >= 4 is 23.2 Å². The molecule has 0 spiro atoms. The molecule has 0 aliphatic heterocycles. The predicted molar refractivity (Wildman–Crippen MR) is 78.9 cm³/mol. The summed E-state index contributed by atoms with van der Waals surface area (Å²) in [6.07, 6.45) is 0. The van der Waals surface area contributed by atoms with E-state index in [1.165, 1.54) is 18.2 Å². The van der Waals surface area contributed by atoms with Crippen LogP contribution < -0.4 is 0 Å². The lowest BCUT2D eigenvalue weighted by Crippen LogP contribution is -2.02. The molecular formula is C15H6Cl2F4N2. The molecule has 0 saturated heterocycles. The van der Waals surface area contributed by atoms with Gasteiger partial charge in [-0.2, -0.15) is 0 Å². The van der Waals surface area contributed by atoms with E-state index < -0.39 is 28.8 Å². The van der Waals surface area contributed by atoms with Gasteiger partial charge in [-0.15, -0.1) is 0 Å². The Labute approximate surface area is 137 Å². The highest BCUT2D eigenvalue weighted by Crippen LogP contribution is 2.37. The summed E-state index contributed by atoms with van der Waals surface area (Å²) in [4.78, 5) is 3.72. The number of aromatic nitrogens is 2. The van der Waals surface area contributed by atoms with Gasteiger partial charge in [0.15, 0.2) is 16.8 Å². The van der Waals surface area contributed by atoms with Gasteiger partial charge in [0.1, 0.15) is 11.6 Å². The standard InChI is InChI=1S/C15H6Cl2F4N2/c16-14-13(11-9(19)4-5-10(20)12(11)21)23(15(17)22-14)8-3-1-2-7(18)6-8/h1-6H. The lowest BCUT2D eigenvalue weighted by molar-refractivity contribution is 0.498. The van der Waals surface area contributed by atoms with E-state index in [2.05, 4.69) is 4.98 Å². The highest BCUT2D eigenvalue weighted by Gasteiger charge is 2.25. The van der Waals surface area contributed by atoms with Gasteiger partial charge >= 0.3 is 0 Å². The van der Waals surface area contributed by atoms with Gasteiger partial charge in [-0.1, -0.05) is 17.7 Å². The maximum atomic E-state index is 14.1. The molecular weight excluding hydrogens is 355 g/mol. The van der Waals surface area contributed by atoms with Gasteiger partial charge in [0.25, 0.3) is 0 Å². The van der Waals surface area contributed by atoms with Crippen molar-refractivity contribution in [1.29, 1.82) is 0 Å². The SMILES string of the molecule is Fc1cccc(-n2c(Cl)nc(Cl)c2-c2c(F)ccc(F)c2F)c1. The van der Waals surface area contributed by atoms with Crippen molar-refractivity contribution in [3.63, 3.8) is 0 Å². The summed E-state index contributed by atoms with van der Waals surface area (Å²) >= 11 is 11.8. The second-order valence-corrected chi connectivity index (χ2v) is 5.25. The van der Waals surface area contributed by atoms with Crippen LogP contribution >= 0.6 is 23.2 Å². The molecule has 1 aromatic heterocycles. The minimum absolute atomic E-state index is 0.132. The molecule has 0 amide bonds. The minimum Gasteiger partial charge on any atom is -0.281 e. The Morgan fingerprint density at radius 1 is 0.913 bits per heavy atom. The summed E-state index contributed by atoms with van der Waals surface area (Å²) in [5.74, 6) is -4.36. The maximum absolute atomic E-state index is 14.1. The fourth-order valence-corrected chi connectivity index (χ4v) is 2.75. The van der Waals surface area contributed by atoms with Gasteiger partial charge in [0.05, 0.1) is 16.9 Å². The molecule has 0 fully saturated rings. The van der Waals surface area contributed by atoms with Crippen LogP contribution in [0.5, 0.6) is 0 Å². The second kappa shape index (κ2) is 5.86. The molecule has 0 unspecified atom stereocenters. The topological polar surface area (TPSA) is 17.8 Å². The van der Waals surface area contributed by atoms with Crippen molar-refractivity contribution in [3.8, 4) is 16.9 Å². The number of rotatable bonds is 2. The van der Waals surface area contributed by atoms with Crippen LogP contribution in [-0.4, -0.2) is 9.55 Å². The molecule has 1 heterocycles. The molecule has 8 heteroatoms. The minimum atomic E-state index is -1.44. The lowest BCUT2D eigenvalue weighted by Gasteiger charge is -2.12. The molecule has 2 aromatic carbocycles. The van der Waals surface area contributed by atoms with Gasteiger partial charge in [0.2, 0.25) is 5.28 Å². The first-order valence-electron chi connectivity index (χ1n) is 6.23. The van der Waals surface area contributed by atoms with E-state index >= 15 is 0 Å². The largest absolute Gasteiger partial charge is 0.281 e. The normalized spacial score (nSPS) is 11.0. The first-order valence-corrected chi connectivity index (χ1v) is 6.99. The molecule has 118 valence electrons. The third kappa shape index (κ3) is 2.68. The summed E-state index contributed by atoms with van der Waals surface area (Å²) in [7, 11) is 0. The molecule has 0 bridgehead atoms. The van der Waals surface area contributed by atoms with E-state index in [0.717, 1.165) is 16.7 Å². The Bertz CT molecular complexity index is 909. The second-order valence-electron chi connectivity index (χ2n) is 4.55. The predicted octanol–water partition coefficient (Wildman–Crippen LogP) is 5.40. The van der Waals surface area contributed by atoms with Gasteiger partial charge in [-0.3, -0.25) is 4.57 Å². The number of hydrogen-bond acceptors (Lipinski definition) is 1. The first-order chi connectivity index (χ1) is 10.9. The van der Waals surface area contributed by atoms with Crippen LogP contribution in [0.4, 0.5) is 17.6 Å². The first kappa shape index (κ1) is 15.8. The lowest BCUT2D eigenvalue weighted by atomic mass is 10.1. The molecule has 0 radical (unpaired) electrons. The average molecular weight is 361 g/mol.